The Labute approximate surface area is 106 Å². The van der Waals surface area contributed by atoms with Gasteiger partial charge in [0.25, 0.3) is 0 Å². The van der Waals surface area contributed by atoms with E-state index >= 15 is 0 Å². The molecule has 0 aromatic heterocycles. The van der Waals surface area contributed by atoms with Crippen molar-refractivity contribution in [3.63, 3.8) is 0 Å². The molecule has 17 heavy (non-hydrogen) atoms. The van der Waals surface area contributed by atoms with E-state index in [1.165, 1.54) is 12.8 Å². The second-order valence-electron chi connectivity index (χ2n) is 5.01. The van der Waals surface area contributed by atoms with Gasteiger partial charge in [-0.15, -0.1) is 0 Å². The highest BCUT2D eigenvalue weighted by Crippen LogP contribution is 2.34. The van der Waals surface area contributed by atoms with Crippen LogP contribution in [0.3, 0.4) is 0 Å². The maximum absolute atomic E-state index is 4.69. The highest BCUT2D eigenvalue weighted by Gasteiger charge is 2.32. The molecule has 1 atom stereocenters. The van der Waals surface area contributed by atoms with Crippen LogP contribution >= 0.6 is 0 Å². The molecule has 1 fully saturated rings. The second-order valence-corrected chi connectivity index (χ2v) is 5.01. The first-order chi connectivity index (χ1) is 8.19. The fraction of sp³-hybridized carbons (Fsp3) is 0.923. The van der Waals surface area contributed by atoms with E-state index in [4.69, 9.17) is 0 Å². The van der Waals surface area contributed by atoms with Gasteiger partial charge in [-0.3, -0.25) is 4.99 Å². The van der Waals surface area contributed by atoms with Crippen LogP contribution in [0.5, 0.6) is 0 Å². The maximum atomic E-state index is 4.69. The maximum Gasteiger partial charge on any atom is 0.191 e. The van der Waals surface area contributed by atoms with Crippen molar-refractivity contribution in [3.05, 3.63) is 0 Å². The van der Waals surface area contributed by atoms with Crippen molar-refractivity contribution in [1.29, 1.82) is 0 Å². The minimum absolute atomic E-state index is 0.604. The molecule has 0 aromatic rings. The molecular weight excluding hydrogens is 212 g/mol. The predicted octanol–water partition coefficient (Wildman–Crippen LogP) is 1.29. The summed E-state index contributed by atoms with van der Waals surface area (Å²) in [5.74, 6) is 1.82. The Balaban J connectivity index is 2.44. The van der Waals surface area contributed by atoms with E-state index in [2.05, 4.69) is 48.5 Å². The van der Waals surface area contributed by atoms with Gasteiger partial charge in [0.1, 0.15) is 0 Å². The van der Waals surface area contributed by atoms with E-state index in [9.17, 15) is 0 Å². The quantitative estimate of drug-likeness (QED) is 0.520. The standard InChI is InChI=1S/C13H28N4/c1-5-9-15-13(14-6-2)16-10-12(17(3)4)11-7-8-11/h11-12H,5-10H2,1-4H3,(H2,14,15,16). The summed E-state index contributed by atoms with van der Waals surface area (Å²) in [7, 11) is 4.32. The molecule has 0 aliphatic heterocycles. The van der Waals surface area contributed by atoms with Crippen LogP contribution in [-0.4, -0.2) is 50.6 Å². The molecule has 4 nitrogen and oxygen atoms in total. The zero-order chi connectivity index (χ0) is 12.7. The van der Waals surface area contributed by atoms with Gasteiger partial charge in [-0.2, -0.15) is 0 Å². The van der Waals surface area contributed by atoms with Crippen LogP contribution in [0.15, 0.2) is 4.99 Å². The normalized spacial score (nSPS) is 18.3. The summed E-state index contributed by atoms with van der Waals surface area (Å²) in [4.78, 5) is 7.00. The number of nitrogens with one attached hydrogen (secondary N) is 2. The van der Waals surface area contributed by atoms with Gasteiger partial charge < -0.3 is 15.5 Å². The summed E-state index contributed by atoms with van der Waals surface area (Å²) in [6.45, 7) is 7.08. The Morgan fingerprint density at radius 1 is 1.29 bits per heavy atom. The first kappa shape index (κ1) is 14.3. The largest absolute Gasteiger partial charge is 0.357 e. The molecule has 0 amide bonds. The predicted molar refractivity (Wildman–Crippen MR) is 74.5 cm³/mol. The molecule has 1 aliphatic carbocycles. The minimum atomic E-state index is 0.604. The fourth-order valence-electron chi connectivity index (χ4n) is 1.98. The Morgan fingerprint density at radius 2 is 2.00 bits per heavy atom. The Kier molecular flexibility index (Phi) is 6.34. The lowest BCUT2D eigenvalue weighted by molar-refractivity contribution is 0.271. The summed E-state index contributed by atoms with van der Waals surface area (Å²) in [6.07, 6.45) is 3.87. The summed E-state index contributed by atoms with van der Waals surface area (Å²) in [5, 5.41) is 6.64. The molecule has 0 saturated heterocycles. The smallest absolute Gasteiger partial charge is 0.191 e. The lowest BCUT2D eigenvalue weighted by Crippen LogP contribution is -2.40. The molecular formula is C13H28N4. The highest BCUT2D eigenvalue weighted by molar-refractivity contribution is 5.79. The molecule has 2 N–H and O–H groups in total. The summed E-state index contributed by atoms with van der Waals surface area (Å²) < 4.78 is 0. The van der Waals surface area contributed by atoms with Crippen molar-refractivity contribution in [1.82, 2.24) is 15.5 Å². The Bertz CT molecular complexity index is 232. The molecule has 0 aromatic carbocycles. The van der Waals surface area contributed by atoms with Crippen molar-refractivity contribution in [3.8, 4) is 0 Å². The molecule has 0 spiro atoms. The molecule has 1 unspecified atom stereocenters. The molecule has 0 bridgehead atoms. The first-order valence-electron chi connectivity index (χ1n) is 6.87. The number of aliphatic imine (C=N–C) groups is 1. The third kappa shape index (κ3) is 5.39. The fourth-order valence-corrected chi connectivity index (χ4v) is 1.98. The number of nitrogens with zero attached hydrogens (tertiary/aromatic N) is 2. The van der Waals surface area contributed by atoms with E-state index in [0.717, 1.165) is 37.9 Å². The highest BCUT2D eigenvalue weighted by atomic mass is 15.2. The Hall–Kier alpha value is -0.770. The number of hydrogen-bond donors (Lipinski definition) is 2. The average Bonchev–Trinajstić information content (AvgIpc) is 3.09. The zero-order valence-electron chi connectivity index (χ0n) is 11.8. The first-order valence-corrected chi connectivity index (χ1v) is 6.87. The van der Waals surface area contributed by atoms with E-state index in [0.29, 0.717) is 6.04 Å². The Morgan fingerprint density at radius 3 is 2.47 bits per heavy atom. The summed E-state index contributed by atoms with van der Waals surface area (Å²) in [6, 6.07) is 0.604. The molecule has 0 radical (unpaired) electrons. The van der Waals surface area contributed by atoms with Crippen LogP contribution in [0.2, 0.25) is 0 Å². The van der Waals surface area contributed by atoms with Gasteiger partial charge in [-0.1, -0.05) is 6.92 Å². The zero-order valence-corrected chi connectivity index (χ0v) is 11.8. The minimum Gasteiger partial charge on any atom is -0.357 e. The average molecular weight is 240 g/mol. The number of hydrogen-bond acceptors (Lipinski definition) is 2. The van der Waals surface area contributed by atoms with Gasteiger partial charge in [0.05, 0.1) is 6.54 Å². The van der Waals surface area contributed by atoms with Crippen LogP contribution < -0.4 is 10.6 Å². The van der Waals surface area contributed by atoms with Gasteiger partial charge in [0, 0.05) is 19.1 Å². The van der Waals surface area contributed by atoms with Gasteiger partial charge in [-0.25, -0.2) is 0 Å². The van der Waals surface area contributed by atoms with Gasteiger partial charge in [-0.05, 0) is 46.2 Å². The van der Waals surface area contributed by atoms with Crippen LogP contribution in [-0.2, 0) is 0 Å². The molecule has 4 heteroatoms. The van der Waals surface area contributed by atoms with E-state index < -0.39 is 0 Å². The SMILES string of the molecule is CCCNC(=NCC(C1CC1)N(C)C)NCC. The third-order valence-corrected chi connectivity index (χ3v) is 3.15. The van der Waals surface area contributed by atoms with Crippen molar-refractivity contribution in [2.45, 2.75) is 39.2 Å². The van der Waals surface area contributed by atoms with E-state index in [1.807, 2.05) is 0 Å². The van der Waals surface area contributed by atoms with Gasteiger partial charge in [0.15, 0.2) is 5.96 Å². The van der Waals surface area contributed by atoms with Gasteiger partial charge in [0.2, 0.25) is 0 Å². The van der Waals surface area contributed by atoms with E-state index in [-0.39, 0.29) is 0 Å². The lowest BCUT2D eigenvalue weighted by Gasteiger charge is -2.22. The second kappa shape index (κ2) is 7.54. The molecule has 100 valence electrons. The summed E-state index contributed by atoms with van der Waals surface area (Å²) >= 11 is 0. The van der Waals surface area contributed by atoms with Crippen LogP contribution in [0.4, 0.5) is 0 Å². The molecule has 0 heterocycles. The molecule has 1 aliphatic rings. The van der Waals surface area contributed by atoms with Crippen molar-refractivity contribution >= 4 is 5.96 Å². The van der Waals surface area contributed by atoms with Crippen molar-refractivity contribution in [2.75, 3.05) is 33.7 Å². The van der Waals surface area contributed by atoms with Gasteiger partial charge >= 0.3 is 0 Å². The third-order valence-electron chi connectivity index (χ3n) is 3.15. The van der Waals surface area contributed by atoms with E-state index in [1.54, 1.807) is 0 Å². The summed E-state index contributed by atoms with van der Waals surface area (Å²) in [5.41, 5.74) is 0. The number of likely N-dealkylation sites (N-methyl/N-ethyl adjacent to an activating group) is 1. The van der Waals surface area contributed by atoms with Crippen molar-refractivity contribution in [2.24, 2.45) is 10.9 Å². The van der Waals surface area contributed by atoms with Crippen LogP contribution in [0.25, 0.3) is 0 Å². The van der Waals surface area contributed by atoms with Crippen LogP contribution in [0.1, 0.15) is 33.1 Å². The van der Waals surface area contributed by atoms with Crippen molar-refractivity contribution < 1.29 is 0 Å². The monoisotopic (exact) mass is 240 g/mol. The topological polar surface area (TPSA) is 39.7 Å². The number of guanidine groups is 1. The van der Waals surface area contributed by atoms with Crippen LogP contribution in [0, 0.1) is 5.92 Å². The molecule has 1 rings (SSSR count). The number of rotatable bonds is 7. The lowest BCUT2D eigenvalue weighted by atomic mass is 10.2. The molecule has 1 saturated carbocycles.